The summed E-state index contributed by atoms with van der Waals surface area (Å²) in [5.74, 6) is -1.14. The Hall–Kier alpha value is -2.89. The molecule has 6 heteroatoms. The van der Waals surface area contributed by atoms with Crippen molar-refractivity contribution in [1.29, 1.82) is 0 Å². The van der Waals surface area contributed by atoms with Crippen molar-refractivity contribution in [3.63, 3.8) is 0 Å². The molecular formula is C14H9N3O3. The zero-order valence-corrected chi connectivity index (χ0v) is 10.3. The smallest absolute Gasteiger partial charge is 0.356 e. The molecule has 0 saturated carbocycles. The van der Waals surface area contributed by atoms with Crippen molar-refractivity contribution < 1.29 is 9.90 Å². The summed E-state index contributed by atoms with van der Waals surface area (Å²) >= 11 is 0. The van der Waals surface area contributed by atoms with Gasteiger partial charge in [0.1, 0.15) is 0 Å². The second kappa shape index (κ2) is 3.57. The van der Waals surface area contributed by atoms with Crippen LogP contribution in [0.1, 0.15) is 21.7 Å². The number of hydrogen-bond donors (Lipinski definition) is 2. The van der Waals surface area contributed by atoms with Gasteiger partial charge in [-0.05, 0) is 5.56 Å². The number of carbonyl (C=O) groups is 1. The van der Waals surface area contributed by atoms with Gasteiger partial charge >= 0.3 is 5.97 Å². The van der Waals surface area contributed by atoms with Gasteiger partial charge in [-0.3, -0.25) is 9.20 Å². The summed E-state index contributed by atoms with van der Waals surface area (Å²) in [6, 6.07) is 7.79. The van der Waals surface area contributed by atoms with E-state index in [-0.39, 0.29) is 16.9 Å². The molecule has 6 nitrogen and oxygen atoms in total. The Morgan fingerprint density at radius 3 is 2.95 bits per heavy atom. The molecule has 0 unspecified atom stereocenters. The van der Waals surface area contributed by atoms with Gasteiger partial charge in [-0.15, -0.1) is 0 Å². The zero-order chi connectivity index (χ0) is 13.9. The number of H-pyrrole nitrogens is 1. The van der Waals surface area contributed by atoms with Crippen LogP contribution in [0.4, 0.5) is 0 Å². The molecule has 1 aromatic carbocycles. The third-order valence-corrected chi connectivity index (χ3v) is 3.59. The number of carboxylic acids is 1. The van der Waals surface area contributed by atoms with Crippen LogP contribution in [0.3, 0.4) is 0 Å². The van der Waals surface area contributed by atoms with Crippen LogP contribution >= 0.6 is 0 Å². The first-order valence-corrected chi connectivity index (χ1v) is 6.11. The van der Waals surface area contributed by atoms with Gasteiger partial charge in [-0.1, -0.05) is 24.3 Å². The molecule has 4 rings (SSSR count). The van der Waals surface area contributed by atoms with Crippen LogP contribution in [0.2, 0.25) is 0 Å². The van der Waals surface area contributed by atoms with Gasteiger partial charge in [0, 0.05) is 18.2 Å². The molecule has 20 heavy (non-hydrogen) atoms. The molecule has 98 valence electrons. The Morgan fingerprint density at radius 1 is 1.35 bits per heavy atom. The molecule has 2 aromatic heterocycles. The van der Waals surface area contributed by atoms with E-state index in [1.807, 2.05) is 24.3 Å². The second-order valence-electron chi connectivity index (χ2n) is 4.73. The van der Waals surface area contributed by atoms with Gasteiger partial charge in [-0.2, -0.15) is 0 Å². The highest BCUT2D eigenvalue weighted by Crippen LogP contribution is 2.34. The SMILES string of the molecule is O=C(O)c1cn2c3c([nH]c(=O)c2n1)-c1ccccc1C3. The van der Waals surface area contributed by atoms with E-state index >= 15 is 0 Å². The van der Waals surface area contributed by atoms with Gasteiger partial charge in [0.2, 0.25) is 5.65 Å². The van der Waals surface area contributed by atoms with Crippen LogP contribution in [0.15, 0.2) is 35.3 Å². The molecule has 0 fully saturated rings. The Balaban J connectivity index is 2.10. The second-order valence-corrected chi connectivity index (χ2v) is 4.73. The van der Waals surface area contributed by atoms with E-state index in [0.717, 1.165) is 22.5 Å². The van der Waals surface area contributed by atoms with E-state index in [0.29, 0.717) is 6.42 Å². The Kier molecular flexibility index (Phi) is 1.96. The fraction of sp³-hybridized carbons (Fsp3) is 0.0714. The number of hydrogen-bond acceptors (Lipinski definition) is 3. The highest BCUT2D eigenvalue weighted by Gasteiger charge is 2.24. The van der Waals surface area contributed by atoms with Crippen LogP contribution in [-0.4, -0.2) is 25.4 Å². The topological polar surface area (TPSA) is 87.5 Å². The standard InChI is InChI=1S/C14H9N3O3/c18-13-12-15-9(14(19)20)6-17(12)10-5-7-3-1-2-4-8(7)11(10)16-13/h1-4,6H,5H2,(H,16,18)(H,19,20). The first-order chi connectivity index (χ1) is 9.65. The fourth-order valence-corrected chi connectivity index (χ4v) is 2.71. The van der Waals surface area contributed by atoms with Crippen LogP contribution in [-0.2, 0) is 6.42 Å². The summed E-state index contributed by atoms with van der Waals surface area (Å²) in [5, 5.41) is 9.01. The lowest BCUT2D eigenvalue weighted by Gasteiger charge is -2.02. The number of benzene rings is 1. The van der Waals surface area contributed by atoms with E-state index < -0.39 is 5.97 Å². The molecular weight excluding hydrogens is 258 g/mol. The molecule has 0 atom stereocenters. The molecule has 0 radical (unpaired) electrons. The molecule has 0 amide bonds. The van der Waals surface area contributed by atoms with Crippen LogP contribution in [0, 0.1) is 0 Å². The maximum Gasteiger partial charge on any atom is 0.356 e. The number of carboxylic acid groups (broad SMARTS) is 1. The molecule has 1 aliphatic rings. The van der Waals surface area contributed by atoms with Crippen molar-refractivity contribution in [2.24, 2.45) is 0 Å². The number of aromatic carboxylic acids is 1. The molecule has 1 aliphatic carbocycles. The van der Waals surface area contributed by atoms with E-state index in [2.05, 4.69) is 9.97 Å². The van der Waals surface area contributed by atoms with Crippen molar-refractivity contribution in [3.05, 3.63) is 57.8 Å². The van der Waals surface area contributed by atoms with Crippen LogP contribution in [0.25, 0.3) is 16.9 Å². The van der Waals surface area contributed by atoms with E-state index in [9.17, 15) is 9.59 Å². The molecule has 0 bridgehead atoms. The summed E-state index contributed by atoms with van der Waals surface area (Å²) in [7, 11) is 0. The molecule has 3 aromatic rings. The van der Waals surface area contributed by atoms with E-state index in [1.165, 1.54) is 6.20 Å². The summed E-state index contributed by atoms with van der Waals surface area (Å²) in [6.45, 7) is 0. The number of fused-ring (bicyclic) bond motifs is 5. The molecule has 0 aliphatic heterocycles. The third kappa shape index (κ3) is 1.30. The van der Waals surface area contributed by atoms with Crippen molar-refractivity contribution >= 4 is 11.6 Å². The van der Waals surface area contributed by atoms with Gasteiger partial charge < -0.3 is 10.1 Å². The first-order valence-electron chi connectivity index (χ1n) is 6.11. The maximum absolute atomic E-state index is 12.1. The highest BCUT2D eigenvalue weighted by atomic mass is 16.4. The molecule has 0 spiro atoms. The van der Waals surface area contributed by atoms with Crippen molar-refractivity contribution in [2.45, 2.75) is 6.42 Å². The van der Waals surface area contributed by atoms with Crippen molar-refractivity contribution in [2.75, 3.05) is 0 Å². The molecule has 0 saturated heterocycles. The number of imidazole rings is 1. The Labute approximate surface area is 112 Å². The minimum atomic E-state index is -1.14. The van der Waals surface area contributed by atoms with Gasteiger partial charge in [0.05, 0.1) is 11.4 Å². The predicted octanol–water partition coefficient (Wildman–Crippen LogP) is 1.29. The summed E-state index contributed by atoms with van der Waals surface area (Å²) < 4.78 is 1.58. The van der Waals surface area contributed by atoms with E-state index in [1.54, 1.807) is 4.40 Å². The number of nitrogens with zero attached hydrogens (tertiary/aromatic N) is 2. The minimum absolute atomic E-state index is 0.119. The molecule has 2 N–H and O–H groups in total. The zero-order valence-electron chi connectivity index (χ0n) is 10.3. The van der Waals surface area contributed by atoms with Crippen LogP contribution < -0.4 is 5.56 Å². The number of nitrogens with one attached hydrogen (secondary N) is 1. The largest absolute Gasteiger partial charge is 0.476 e. The average Bonchev–Trinajstić information content (AvgIpc) is 3.01. The molecule has 2 heterocycles. The van der Waals surface area contributed by atoms with Crippen molar-refractivity contribution in [3.8, 4) is 11.3 Å². The van der Waals surface area contributed by atoms with Crippen molar-refractivity contribution in [1.82, 2.24) is 14.4 Å². The quantitative estimate of drug-likeness (QED) is 0.544. The van der Waals surface area contributed by atoms with Crippen LogP contribution in [0.5, 0.6) is 0 Å². The summed E-state index contributed by atoms with van der Waals surface area (Å²) in [6.07, 6.45) is 2.05. The highest BCUT2D eigenvalue weighted by molar-refractivity contribution is 5.86. The lowest BCUT2D eigenvalue weighted by atomic mass is 10.1. The number of rotatable bonds is 1. The van der Waals surface area contributed by atoms with Gasteiger partial charge in [-0.25, -0.2) is 9.78 Å². The van der Waals surface area contributed by atoms with Gasteiger partial charge in [0.15, 0.2) is 5.69 Å². The Bertz CT molecular complexity index is 936. The minimum Gasteiger partial charge on any atom is -0.476 e. The normalized spacial score (nSPS) is 12.4. The van der Waals surface area contributed by atoms with E-state index in [4.69, 9.17) is 5.11 Å². The lowest BCUT2D eigenvalue weighted by Crippen LogP contribution is -2.13. The lowest BCUT2D eigenvalue weighted by molar-refractivity contribution is 0.0691. The third-order valence-electron chi connectivity index (χ3n) is 3.59. The first kappa shape index (κ1) is 11.0. The average molecular weight is 267 g/mol. The number of aromatic amines is 1. The Morgan fingerprint density at radius 2 is 2.15 bits per heavy atom. The number of aromatic nitrogens is 3. The predicted molar refractivity (Wildman–Crippen MR) is 71.0 cm³/mol. The monoisotopic (exact) mass is 267 g/mol. The summed E-state index contributed by atoms with van der Waals surface area (Å²) in [4.78, 5) is 29.7. The maximum atomic E-state index is 12.1. The fourth-order valence-electron chi connectivity index (χ4n) is 2.71. The summed E-state index contributed by atoms with van der Waals surface area (Å²) in [5.41, 5.74) is 3.30. The van der Waals surface area contributed by atoms with Gasteiger partial charge in [0.25, 0.3) is 5.56 Å².